The molecule has 0 bridgehead atoms. The van der Waals surface area contributed by atoms with E-state index in [0.717, 1.165) is 33.4 Å². The molecule has 1 aliphatic heterocycles. The van der Waals surface area contributed by atoms with Gasteiger partial charge in [0.15, 0.2) is 5.78 Å². The Hall–Kier alpha value is -3.62. The predicted molar refractivity (Wildman–Crippen MR) is 126 cm³/mol. The van der Waals surface area contributed by atoms with Crippen molar-refractivity contribution in [3.63, 3.8) is 0 Å². The summed E-state index contributed by atoms with van der Waals surface area (Å²) in [6.07, 6.45) is 7.55. The highest BCUT2D eigenvalue weighted by molar-refractivity contribution is 5.98. The Bertz CT molecular complexity index is 1320. The minimum atomic E-state index is 0.00806. The summed E-state index contributed by atoms with van der Waals surface area (Å²) in [6, 6.07) is 11.8. The standard InChI is InChI=1S/C25H27N6O2/c1-29-17-22(16-28-29)18-3-4-20-15-27-23(12-21(20)11-18)14-24(32)19-5-6-26-25(13-19)30-7-9-31(2,33)10-8-30/h3-6,11-13,15-17,33H,7-10,14H2,1-2H3/q+1. The number of aromatic nitrogens is 4. The molecule has 1 saturated heterocycles. The van der Waals surface area contributed by atoms with Crippen LogP contribution in [0.2, 0.25) is 0 Å². The molecule has 4 aromatic rings. The van der Waals surface area contributed by atoms with Crippen LogP contribution < -0.4 is 4.90 Å². The van der Waals surface area contributed by atoms with E-state index in [2.05, 4.69) is 32.1 Å². The van der Waals surface area contributed by atoms with Crippen molar-refractivity contribution in [2.75, 3.05) is 38.1 Å². The summed E-state index contributed by atoms with van der Waals surface area (Å²) < 4.78 is 1.80. The smallest absolute Gasteiger partial charge is 0.169 e. The minimum Gasteiger partial charge on any atom is -0.345 e. The number of Topliss-reactive ketones (excluding diaryl/α,β-unsaturated/α-hetero) is 1. The Morgan fingerprint density at radius 2 is 1.85 bits per heavy atom. The van der Waals surface area contributed by atoms with E-state index in [-0.39, 0.29) is 16.9 Å². The molecule has 3 aromatic heterocycles. The summed E-state index contributed by atoms with van der Waals surface area (Å²) >= 11 is 0. The normalized spacial score (nSPS) is 15.7. The summed E-state index contributed by atoms with van der Waals surface area (Å²) in [6.45, 7) is 2.65. The average molecular weight is 444 g/mol. The van der Waals surface area contributed by atoms with Crippen LogP contribution in [0.4, 0.5) is 5.82 Å². The van der Waals surface area contributed by atoms with Crippen molar-refractivity contribution in [3.05, 3.63) is 72.4 Å². The van der Waals surface area contributed by atoms with Crippen LogP contribution in [0.5, 0.6) is 0 Å². The van der Waals surface area contributed by atoms with Crippen molar-refractivity contribution >= 4 is 22.4 Å². The first-order valence-corrected chi connectivity index (χ1v) is 11.1. The number of hydrogen-bond donors (Lipinski definition) is 1. The third kappa shape index (κ3) is 4.62. The number of fused-ring (bicyclic) bond motifs is 1. The Labute approximate surface area is 192 Å². The van der Waals surface area contributed by atoms with E-state index in [0.29, 0.717) is 31.7 Å². The zero-order valence-electron chi connectivity index (χ0n) is 18.8. The van der Waals surface area contributed by atoms with Gasteiger partial charge in [0, 0.05) is 47.8 Å². The molecule has 0 amide bonds. The molecule has 0 radical (unpaired) electrons. The van der Waals surface area contributed by atoms with Gasteiger partial charge in [0.25, 0.3) is 0 Å². The molecule has 1 aliphatic rings. The van der Waals surface area contributed by atoms with Gasteiger partial charge in [-0.3, -0.25) is 14.5 Å². The lowest BCUT2D eigenvalue weighted by Crippen LogP contribution is -2.55. The van der Waals surface area contributed by atoms with Crippen molar-refractivity contribution in [1.29, 1.82) is 0 Å². The molecule has 0 saturated carbocycles. The maximum absolute atomic E-state index is 13.0. The first-order valence-electron chi connectivity index (χ1n) is 11.1. The van der Waals surface area contributed by atoms with Crippen LogP contribution in [-0.2, 0) is 13.5 Å². The lowest BCUT2D eigenvalue weighted by atomic mass is 10.0. The molecule has 0 aliphatic carbocycles. The summed E-state index contributed by atoms with van der Waals surface area (Å²) in [5, 5.41) is 16.5. The van der Waals surface area contributed by atoms with Crippen LogP contribution in [0.25, 0.3) is 21.9 Å². The van der Waals surface area contributed by atoms with E-state index < -0.39 is 0 Å². The van der Waals surface area contributed by atoms with E-state index in [1.165, 1.54) is 0 Å². The van der Waals surface area contributed by atoms with Crippen LogP contribution in [0.15, 0.2) is 61.2 Å². The number of anilines is 1. The molecule has 1 fully saturated rings. The number of nitrogens with zero attached hydrogens (tertiary/aromatic N) is 6. The summed E-state index contributed by atoms with van der Waals surface area (Å²) in [4.78, 5) is 24.1. The molecule has 1 N–H and O–H groups in total. The van der Waals surface area contributed by atoms with E-state index in [1.807, 2.05) is 43.8 Å². The van der Waals surface area contributed by atoms with Gasteiger partial charge in [-0.25, -0.2) is 10.2 Å². The second-order valence-electron chi connectivity index (χ2n) is 8.92. The molecule has 1 aromatic carbocycles. The van der Waals surface area contributed by atoms with E-state index in [9.17, 15) is 10.0 Å². The highest BCUT2D eigenvalue weighted by Crippen LogP contribution is 2.25. The van der Waals surface area contributed by atoms with Gasteiger partial charge in [-0.05, 0) is 35.2 Å². The van der Waals surface area contributed by atoms with Crippen molar-refractivity contribution in [2.45, 2.75) is 6.42 Å². The highest BCUT2D eigenvalue weighted by Gasteiger charge is 2.28. The Morgan fingerprint density at radius 3 is 2.61 bits per heavy atom. The second kappa shape index (κ2) is 8.38. The summed E-state index contributed by atoms with van der Waals surface area (Å²) in [5.41, 5.74) is 3.49. The zero-order chi connectivity index (χ0) is 23.0. The molecular formula is C25H27N6O2+. The van der Waals surface area contributed by atoms with E-state index in [4.69, 9.17) is 0 Å². The molecule has 33 heavy (non-hydrogen) atoms. The number of rotatable bonds is 5. The van der Waals surface area contributed by atoms with Crippen LogP contribution in [-0.4, -0.2) is 68.6 Å². The number of carbonyl (C=O) groups excluding carboxylic acids is 1. The highest BCUT2D eigenvalue weighted by atomic mass is 16.5. The third-order valence-electron chi connectivity index (χ3n) is 6.25. The van der Waals surface area contributed by atoms with Crippen LogP contribution in [0, 0.1) is 0 Å². The quantitative estimate of drug-likeness (QED) is 0.377. The molecule has 0 unspecified atom stereocenters. The first-order chi connectivity index (χ1) is 15.9. The number of aryl methyl sites for hydroxylation is 1. The number of carbonyl (C=O) groups is 1. The molecule has 8 nitrogen and oxygen atoms in total. The Morgan fingerprint density at radius 1 is 1.03 bits per heavy atom. The SMILES string of the molecule is Cn1cc(-c2ccc3cnc(CC(=O)c4ccnc(N5CC[N+](C)(O)CC5)c4)cc3c2)cn1. The van der Waals surface area contributed by atoms with Crippen molar-refractivity contribution in [1.82, 2.24) is 19.7 Å². The van der Waals surface area contributed by atoms with Gasteiger partial charge in [0.05, 0.1) is 32.8 Å². The van der Waals surface area contributed by atoms with Crippen LogP contribution in [0.1, 0.15) is 16.1 Å². The third-order valence-corrected chi connectivity index (χ3v) is 6.25. The lowest BCUT2D eigenvalue weighted by molar-refractivity contribution is -1.09. The molecule has 0 spiro atoms. The summed E-state index contributed by atoms with van der Waals surface area (Å²) in [5.74, 6) is 0.779. The monoisotopic (exact) mass is 443 g/mol. The predicted octanol–water partition coefficient (Wildman–Crippen LogP) is 3.11. The van der Waals surface area contributed by atoms with Gasteiger partial charge in [-0.2, -0.15) is 9.75 Å². The van der Waals surface area contributed by atoms with Gasteiger partial charge >= 0.3 is 0 Å². The van der Waals surface area contributed by atoms with Crippen LogP contribution >= 0.6 is 0 Å². The fourth-order valence-corrected chi connectivity index (χ4v) is 4.19. The number of quaternary nitrogens is 1. The number of hydroxylamine groups is 3. The molecule has 168 valence electrons. The topological polar surface area (TPSA) is 84.1 Å². The molecule has 8 heteroatoms. The van der Waals surface area contributed by atoms with Crippen molar-refractivity contribution < 1.29 is 14.6 Å². The molecular weight excluding hydrogens is 416 g/mol. The minimum absolute atomic E-state index is 0.00806. The van der Waals surface area contributed by atoms with Crippen LogP contribution in [0.3, 0.4) is 0 Å². The second-order valence-corrected chi connectivity index (χ2v) is 8.92. The number of pyridine rings is 2. The van der Waals surface area contributed by atoms with E-state index in [1.54, 1.807) is 24.0 Å². The molecule has 0 atom stereocenters. The van der Waals surface area contributed by atoms with Gasteiger partial charge < -0.3 is 4.90 Å². The van der Waals surface area contributed by atoms with Gasteiger partial charge in [-0.1, -0.05) is 12.1 Å². The van der Waals surface area contributed by atoms with Gasteiger partial charge in [-0.15, -0.1) is 0 Å². The molecule has 5 rings (SSSR count). The zero-order valence-corrected chi connectivity index (χ0v) is 18.8. The average Bonchev–Trinajstić information content (AvgIpc) is 3.25. The molecule has 4 heterocycles. The maximum Gasteiger partial charge on any atom is 0.169 e. The van der Waals surface area contributed by atoms with E-state index >= 15 is 0 Å². The largest absolute Gasteiger partial charge is 0.345 e. The Balaban J connectivity index is 1.34. The Kier molecular flexibility index (Phi) is 5.39. The maximum atomic E-state index is 13.0. The lowest BCUT2D eigenvalue weighted by Gasteiger charge is -2.36. The number of hydrogen-bond acceptors (Lipinski definition) is 6. The summed E-state index contributed by atoms with van der Waals surface area (Å²) in [7, 11) is 3.71. The number of ketones is 1. The number of likely N-dealkylation sites (N-methyl/N-ethyl adjacent to an activating group) is 1. The van der Waals surface area contributed by atoms with Gasteiger partial charge in [0.2, 0.25) is 0 Å². The fraction of sp³-hybridized carbons (Fsp3) is 0.280. The first kappa shape index (κ1) is 21.2. The van der Waals surface area contributed by atoms with Gasteiger partial charge in [0.1, 0.15) is 18.9 Å². The number of benzene rings is 1. The number of piperazine rings is 1. The van der Waals surface area contributed by atoms with Crippen molar-refractivity contribution in [3.8, 4) is 11.1 Å². The van der Waals surface area contributed by atoms with Crippen molar-refractivity contribution in [2.24, 2.45) is 7.05 Å². The fourth-order valence-electron chi connectivity index (χ4n) is 4.19.